The molecule has 0 fully saturated rings. The summed E-state index contributed by atoms with van der Waals surface area (Å²) in [5.74, 6) is 0.276. The van der Waals surface area contributed by atoms with Crippen LogP contribution in [0.2, 0.25) is 5.02 Å². The topological polar surface area (TPSA) is 52.6 Å². The fraction of sp³-hybridized carbons (Fsp3) is 0.250. The van der Waals surface area contributed by atoms with Gasteiger partial charge in [0.15, 0.2) is 0 Å². The van der Waals surface area contributed by atoms with E-state index < -0.39 is 0 Å². The lowest BCUT2D eigenvalue weighted by Gasteiger charge is -2.08. The maximum absolute atomic E-state index is 12.2. The fourth-order valence-electron chi connectivity index (χ4n) is 2.04. The average molecular weight is 339 g/mol. The van der Waals surface area contributed by atoms with Gasteiger partial charge < -0.3 is 9.47 Å². The first-order valence-electron chi connectivity index (χ1n) is 6.54. The van der Waals surface area contributed by atoms with Crippen molar-refractivity contribution in [1.82, 2.24) is 0 Å². The first-order chi connectivity index (χ1) is 10.5. The van der Waals surface area contributed by atoms with Crippen molar-refractivity contribution in [2.45, 2.75) is 12.8 Å². The predicted molar refractivity (Wildman–Crippen MR) is 86.1 cm³/mol. The second-order valence-corrected chi connectivity index (χ2v) is 6.21. The number of thiophene rings is 1. The third-order valence-electron chi connectivity index (χ3n) is 3.05. The Morgan fingerprint density at radius 3 is 2.59 bits per heavy atom. The van der Waals surface area contributed by atoms with E-state index in [-0.39, 0.29) is 24.6 Å². The zero-order valence-electron chi connectivity index (χ0n) is 12.2. The Kier molecular flexibility index (Phi) is 5.57. The first-order valence-corrected chi connectivity index (χ1v) is 7.74. The van der Waals surface area contributed by atoms with Gasteiger partial charge in [0.2, 0.25) is 0 Å². The summed E-state index contributed by atoms with van der Waals surface area (Å²) >= 11 is 7.22. The molecule has 0 spiro atoms. The lowest BCUT2D eigenvalue weighted by Crippen LogP contribution is -2.06. The molecule has 0 aliphatic carbocycles. The minimum Gasteiger partial charge on any atom is -0.496 e. The van der Waals surface area contributed by atoms with Crippen molar-refractivity contribution in [1.29, 1.82) is 0 Å². The number of benzene rings is 1. The minimum absolute atomic E-state index is 0.0267. The van der Waals surface area contributed by atoms with Crippen LogP contribution >= 0.6 is 22.9 Å². The monoisotopic (exact) mass is 338 g/mol. The Bertz CT molecular complexity index is 693. The Balaban J connectivity index is 2.06. The summed E-state index contributed by atoms with van der Waals surface area (Å²) in [7, 11) is 2.89. The molecule has 0 atom stereocenters. The zero-order chi connectivity index (χ0) is 16.1. The van der Waals surface area contributed by atoms with E-state index in [0.29, 0.717) is 15.6 Å². The van der Waals surface area contributed by atoms with Gasteiger partial charge in [-0.25, -0.2) is 4.79 Å². The smallest absolute Gasteiger partial charge is 0.348 e. The number of rotatable bonds is 6. The molecule has 116 valence electrons. The molecule has 0 aliphatic heterocycles. The maximum Gasteiger partial charge on any atom is 0.348 e. The Hall–Kier alpha value is -1.85. The normalized spacial score (nSPS) is 10.3. The number of carbonyl (C=O) groups excluding carboxylic acids is 2. The average Bonchev–Trinajstić information content (AvgIpc) is 2.95. The van der Waals surface area contributed by atoms with Crippen molar-refractivity contribution in [3.8, 4) is 5.75 Å². The molecule has 1 heterocycles. The van der Waals surface area contributed by atoms with Crippen molar-refractivity contribution in [2.75, 3.05) is 14.2 Å². The molecule has 0 saturated carbocycles. The fourth-order valence-corrected chi connectivity index (χ4v) is 3.19. The van der Waals surface area contributed by atoms with Crippen LogP contribution in [0.1, 0.15) is 20.1 Å². The highest BCUT2D eigenvalue weighted by Gasteiger charge is 2.14. The van der Waals surface area contributed by atoms with Gasteiger partial charge in [-0.15, -0.1) is 11.3 Å². The summed E-state index contributed by atoms with van der Waals surface area (Å²) < 4.78 is 9.88. The molecule has 1 aromatic heterocycles. The van der Waals surface area contributed by atoms with E-state index in [9.17, 15) is 9.59 Å². The molecule has 0 aliphatic rings. The number of esters is 1. The van der Waals surface area contributed by atoms with Crippen LogP contribution in [-0.2, 0) is 22.4 Å². The van der Waals surface area contributed by atoms with Crippen LogP contribution < -0.4 is 4.74 Å². The quantitative estimate of drug-likeness (QED) is 0.756. The highest BCUT2D eigenvalue weighted by molar-refractivity contribution is 7.14. The maximum atomic E-state index is 12.2. The summed E-state index contributed by atoms with van der Waals surface area (Å²) in [5.41, 5.74) is 0.754. The van der Waals surface area contributed by atoms with Gasteiger partial charge >= 0.3 is 5.97 Å². The second kappa shape index (κ2) is 7.42. The number of ketones is 1. The lowest BCUT2D eigenvalue weighted by atomic mass is 10.1. The summed E-state index contributed by atoms with van der Waals surface area (Å²) in [4.78, 5) is 24.9. The number of Topliss-reactive ketones (excluding diaryl/α,β-unsaturated/α-hetero) is 1. The van der Waals surface area contributed by atoms with Crippen LogP contribution in [0.3, 0.4) is 0 Å². The van der Waals surface area contributed by atoms with E-state index in [0.717, 1.165) is 10.4 Å². The van der Waals surface area contributed by atoms with Crippen molar-refractivity contribution in [3.05, 3.63) is 50.7 Å². The van der Waals surface area contributed by atoms with Crippen LogP contribution in [0.4, 0.5) is 0 Å². The predicted octanol–water partition coefficient (Wildman–Crippen LogP) is 3.55. The van der Waals surface area contributed by atoms with Gasteiger partial charge in [-0.3, -0.25) is 4.79 Å². The molecule has 2 rings (SSSR count). The highest BCUT2D eigenvalue weighted by atomic mass is 35.5. The van der Waals surface area contributed by atoms with E-state index in [1.54, 1.807) is 37.4 Å². The third kappa shape index (κ3) is 4.08. The van der Waals surface area contributed by atoms with Gasteiger partial charge in [0.05, 0.1) is 14.2 Å². The molecule has 1 aromatic carbocycles. The number of halogens is 1. The largest absolute Gasteiger partial charge is 0.496 e. The van der Waals surface area contributed by atoms with Crippen LogP contribution in [0.5, 0.6) is 5.75 Å². The SMILES string of the molecule is COC(=O)c1ccc(CC(=O)Cc2cc(Cl)ccc2OC)s1. The number of hydrogen-bond donors (Lipinski definition) is 0. The van der Waals surface area contributed by atoms with Crippen molar-refractivity contribution < 1.29 is 19.1 Å². The number of methoxy groups -OCH3 is 2. The Morgan fingerprint density at radius 2 is 1.91 bits per heavy atom. The molecule has 2 aromatic rings. The molecule has 0 saturated heterocycles. The molecule has 0 N–H and O–H groups in total. The van der Waals surface area contributed by atoms with Crippen LogP contribution in [0.15, 0.2) is 30.3 Å². The standard InChI is InChI=1S/C16H15ClO4S/c1-20-14-5-3-11(17)7-10(14)8-12(18)9-13-4-6-15(22-13)16(19)21-2/h3-7H,8-9H2,1-2H3. The number of hydrogen-bond acceptors (Lipinski definition) is 5. The van der Waals surface area contributed by atoms with E-state index in [1.165, 1.54) is 18.4 Å². The van der Waals surface area contributed by atoms with Crippen LogP contribution in [-0.4, -0.2) is 26.0 Å². The molecular weight excluding hydrogens is 324 g/mol. The molecule has 6 heteroatoms. The molecule has 0 radical (unpaired) electrons. The van der Waals surface area contributed by atoms with Crippen LogP contribution in [0, 0.1) is 0 Å². The second-order valence-electron chi connectivity index (χ2n) is 4.61. The van der Waals surface area contributed by atoms with Crippen molar-refractivity contribution >= 4 is 34.7 Å². The molecule has 0 unspecified atom stereocenters. The summed E-state index contributed by atoms with van der Waals surface area (Å²) in [6, 6.07) is 8.62. The van der Waals surface area contributed by atoms with E-state index in [2.05, 4.69) is 4.74 Å². The minimum atomic E-state index is -0.389. The van der Waals surface area contributed by atoms with Gasteiger partial charge in [0.25, 0.3) is 0 Å². The van der Waals surface area contributed by atoms with Crippen LogP contribution in [0.25, 0.3) is 0 Å². The molecular formula is C16H15ClO4S. The number of carbonyl (C=O) groups is 2. The summed E-state index contributed by atoms with van der Waals surface area (Å²) in [6.07, 6.45) is 0.493. The van der Waals surface area contributed by atoms with Gasteiger partial charge in [-0.1, -0.05) is 11.6 Å². The Morgan fingerprint density at radius 1 is 1.14 bits per heavy atom. The van der Waals surface area contributed by atoms with Crippen molar-refractivity contribution in [2.24, 2.45) is 0 Å². The van der Waals surface area contributed by atoms with Gasteiger partial charge in [0, 0.05) is 28.3 Å². The third-order valence-corrected chi connectivity index (χ3v) is 4.35. The summed E-state index contributed by atoms with van der Waals surface area (Å²) in [6.45, 7) is 0. The Labute approximate surface area is 137 Å². The van der Waals surface area contributed by atoms with Gasteiger partial charge in [-0.2, -0.15) is 0 Å². The highest BCUT2D eigenvalue weighted by Crippen LogP contribution is 2.24. The van der Waals surface area contributed by atoms with Crippen molar-refractivity contribution in [3.63, 3.8) is 0 Å². The van der Waals surface area contributed by atoms with Gasteiger partial charge in [0.1, 0.15) is 16.4 Å². The van der Waals surface area contributed by atoms with E-state index in [1.807, 2.05) is 0 Å². The number of ether oxygens (including phenoxy) is 2. The molecule has 22 heavy (non-hydrogen) atoms. The molecule has 0 bridgehead atoms. The van der Waals surface area contributed by atoms with Gasteiger partial charge in [-0.05, 0) is 30.3 Å². The summed E-state index contributed by atoms with van der Waals surface area (Å²) in [5, 5.41) is 0.563. The first kappa shape index (κ1) is 16.5. The molecule has 4 nitrogen and oxygen atoms in total. The zero-order valence-corrected chi connectivity index (χ0v) is 13.8. The molecule has 0 amide bonds. The van der Waals surface area contributed by atoms with E-state index >= 15 is 0 Å². The lowest BCUT2D eigenvalue weighted by molar-refractivity contribution is -0.117. The van der Waals surface area contributed by atoms with E-state index in [4.69, 9.17) is 16.3 Å².